The number of esters is 1. The van der Waals surface area contributed by atoms with E-state index < -0.39 is 11.0 Å². The Hall–Kier alpha value is -2.11. The molecule has 6 heteroatoms. The van der Waals surface area contributed by atoms with E-state index in [-0.39, 0.29) is 12.1 Å². The Morgan fingerprint density at radius 2 is 1.92 bits per heavy atom. The van der Waals surface area contributed by atoms with Gasteiger partial charge in [0, 0.05) is 25.0 Å². The van der Waals surface area contributed by atoms with Crippen LogP contribution in [-0.2, 0) is 20.7 Å². The summed E-state index contributed by atoms with van der Waals surface area (Å²) in [5, 5.41) is 0. The van der Waals surface area contributed by atoms with Crippen molar-refractivity contribution in [1.82, 2.24) is 9.88 Å². The van der Waals surface area contributed by atoms with Crippen LogP contribution in [0.5, 0.6) is 0 Å². The lowest BCUT2D eigenvalue weighted by molar-refractivity contribution is -0.158. The molecule has 6 nitrogen and oxygen atoms in total. The highest BCUT2D eigenvalue weighted by Crippen LogP contribution is 2.37. The number of ether oxygens (including phenoxy) is 2. The molecular formula is C20H30N2O4. The molecule has 1 fully saturated rings. The van der Waals surface area contributed by atoms with Crippen LogP contribution in [0.3, 0.4) is 0 Å². The lowest BCUT2D eigenvalue weighted by atomic mass is 9.74. The number of rotatable bonds is 4. The summed E-state index contributed by atoms with van der Waals surface area (Å²) in [4.78, 5) is 30.9. The van der Waals surface area contributed by atoms with Gasteiger partial charge in [-0.05, 0) is 71.6 Å². The van der Waals surface area contributed by atoms with Gasteiger partial charge in [0.15, 0.2) is 0 Å². The Bertz CT molecular complexity index is 643. The summed E-state index contributed by atoms with van der Waals surface area (Å²) in [7, 11) is 0. The van der Waals surface area contributed by atoms with Crippen LogP contribution in [0, 0.1) is 12.3 Å². The molecule has 0 N–H and O–H groups in total. The summed E-state index contributed by atoms with van der Waals surface area (Å²) in [6, 6.07) is 3.94. The highest BCUT2D eigenvalue weighted by Gasteiger charge is 2.44. The van der Waals surface area contributed by atoms with Crippen molar-refractivity contribution in [2.45, 2.75) is 59.5 Å². The number of nitrogens with zero attached hydrogens (tertiary/aromatic N) is 2. The van der Waals surface area contributed by atoms with Crippen LogP contribution in [0.2, 0.25) is 0 Å². The van der Waals surface area contributed by atoms with E-state index in [9.17, 15) is 9.59 Å². The fourth-order valence-corrected chi connectivity index (χ4v) is 3.29. The third kappa shape index (κ3) is 5.19. The third-order valence-corrected chi connectivity index (χ3v) is 4.58. The van der Waals surface area contributed by atoms with Gasteiger partial charge in [-0.25, -0.2) is 4.79 Å². The largest absolute Gasteiger partial charge is 0.466 e. The van der Waals surface area contributed by atoms with Crippen LogP contribution in [0.15, 0.2) is 18.3 Å². The van der Waals surface area contributed by atoms with Gasteiger partial charge in [-0.15, -0.1) is 0 Å². The zero-order valence-electron chi connectivity index (χ0n) is 16.5. The summed E-state index contributed by atoms with van der Waals surface area (Å²) in [5.74, 6) is -0.182. The van der Waals surface area contributed by atoms with Gasteiger partial charge < -0.3 is 14.4 Å². The van der Waals surface area contributed by atoms with Crippen molar-refractivity contribution in [2.75, 3.05) is 19.7 Å². The van der Waals surface area contributed by atoms with Gasteiger partial charge in [-0.2, -0.15) is 0 Å². The van der Waals surface area contributed by atoms with Crippen molar-refractivity contribution < 1.29 is 19.1 Å². The predicted octanol–water partition coefficient (Wildman–Crippen LogP) is 3.51. The first-order valence-corrected chi connectivity index (χ1v) is 9.22. The van der Waals surface area contributed by atoms with Crippen molar-refractivity contribution in [2.24, 2.45) is 5.41 Å². The normalized spacial score (nSPS) is 16.9. The quantitative estimate of drug-likeness (QED) is 0.767. The zero-order valence-corrected chi connectivity index (χ0v) is 16.5. The number of piperidine rings is 1. The molecule has 0 spiro atoms. The Morgan fingerprint density at radius 1 is 1.27 bits per heavy atom. The van der Waals surface area contributed by atoms with Crippen molar-refractivity contribution in [3.8, 4) is 0 Å². The number of carbonyl (C=O) groups excluding carboxylic acids is 2. The number of hydrogen-bond donors (Lipinski definition) is 0. The molecule has 1 saturated heterocycles. The Balaban J connectivity index is 2.13. The second kappa shape index (κ2) is 8.06. The zero-order chi connectivity index (χ0) is 19.4. The molecule has 0 saturated carbocycles. The van der Waals surface area contributed by atoms with E-state index >= 15 is 0 Å². The van der Waals surface area contributed by atoms with E-state index in [1.54, 1.807) is 11.1 Å². The van der Waals surface area contributed by atoms with Crippen LogP contribution < -0.4 is 0 Å². The van der Waals surface area contributed by atoms with E-state index in [1.807, 2.05) is 46.8 Å². The smallest absolute Gasteiger partial charge is 0.410 e. The van der Waals surface area contributed by atoms with E-state index in [1.165, 1.54) is 0 Å². The molecule has 1 aliphatic rings. The Morgan fingerprint density at radius 3 is 2.46 bits per heavy atom. The minimum Gasteiger partial charge on any atom is -0.466 e. The van der Waals surface area contributed by atoms with E-state index in [0.717, 1.165) is 11.3 Å². The topological polar surface area (TPSA) is 68.7 Å². The maximum atomic E-state index is 12.7. The van der Waals surface area contributed by atoms with E-state index in [2.05, 4.69) is 4.98 Å². The molecule has 0 unspecified atom stereocenters. The number of hydrogen-bond acceptors (Lipinski definition) is 5. The molecule has 0 aliphatic carbocycles. The highest BCUT2D eigenvalue weighted by atomic mass is 16.6. The van der Waals surface area contributed by atoms with Gasteiger partial charge in [-0.3, -0.25) is 9.78 Å². The number of amides is 1. The summed E-state index contributed by atoms with van der Waals surface area (Å²) in [5.41, 5.74) is 0.855. The maximum absolute atomic E-state index is 12.7. The number of aromatic nitrogens is 1. The SMILES string of the molecule is CCOC(=O)C1(Cc2ccnc(C)c2)CCN(C(=O)OC(C)(C)C)CC1. The summed E-state index contributed by atoms with van der Waals surface area (Å²) < 4.78 is 10.8. The lowest BCUT2D eigenvalue weighted by Gasteiger charge is -2.40. The van der Waals surface area contributed by atoms with Gasteiger partial charge in [0.25, 0.3) is 0 Å². The second-order valence-electron chi connectivity index (χ2n) is 7.95. The minimum atomic E-state index is -0.609. The minimum absolute atomic E-state index is 0.182. The number of aryl methyl sites for hydroxylation is 1. The number of pyridine rings is 1. The van der Waals surface area contributed by atoms with Gasteiger partial charge in [0.1, 0.15) is 5.60 Å². The molecule has 1 aromatic heterocycles. The van der Waals surface area contributed by atoms with Crippen LogP contribution in [0.1, 0.15) is 51.8 Å². The van der Waals surface area contributed by atoms with Gasteiger partial charge in [-0.1, -0.05) is 0 Å². The molecule has 144 valence electrons. The average molecular weight is 362 g/mol. The first kappa shape index (κ1) is 20.2. The number of likely N-dealkylation sites (tertiary alicyclic amines) is 1. The maximum Gasteiger partial charge on any atom is 0.410 e. The molecule has 1 aliphatic heterocycles. The Kier molecular flexibility index (Phi) is 6.26. The summed E-state index contributed by atoms with van der Waals surface area (Å²) in [6.45, 7) is 10.6. The fraction of sp³-hybridized carbons (Fsp3) is 0.650. The Labute approximate surface area is 155 Å². The van der Waals surface area contributed by atoms with Crippen LogP contribution in [0.25, 0.3) is 0 Å². The van der Waals surface area contributed by atoms with Gasteiger partial charge >= 0.3 is 12.1 Å². The summed E-state index contributed by atoms with van der Waals surface area (Å²) >= 11 is 0. The monoisotopic (exact) mass is 362 g/mol. The van der Waals surface area contributed by atoms with Crippen LogP contribution in [0.4, 0.5) is 4.79 Å². The van der Waals surface area contributed by atoms with Gasteiger partial charge in [0.05, 0.1) is 12.0 Å². The fourth-order valence-electron chi connectivity index (χ4n) is 3.29. The van der Waals surface area contributed by atoms with Crippen LogP contribution >= 0.6 is 0 Å². The third-order valence-electron chi connectivity index (χ3n) is 4.58. The number of carbonyl (C=O) groups is 2. The molecule has 0 aromatic carbocycles. The van der Waals surface area contributed by atoms with E-state index in [4.69, 9.17) is 9.47 Å². The van der Waals surface area contributed by atoms with Crippen molar-refractivity contribution >= 4 is 12.1 Å². The highest BCUT2D eigenvalue weighted by molar-refractivity contribution is 5.78. The second-order valence-corrected chi connectivity index (χ2v) is 7.95. The van der Waals surface area contributed by atoms with Crippen LogP contribution in [-0.4, -0.2) is 47.2 Å². The summed E-state index contributed by atoms with van der Waals surface area (Å²) in [6.07, 6.45) is 3.16. The predicted molar refractivity (Wildman–Crippen MR) is 98.8 cm³/mol. The standard InChI is InChI=1S/C20H30N2O4/c1-6-25-17(23)20(14-16-7-10-21-15(2)13-16)8-11-22(12-9-20)18(24)26-19(3,4)5/h7,10,13H,6,8-9,11-12,14H2,1-5H3. The molecule has 1 amide bonds. The molecule has 0 radical (unpaired) electrons. The molecule has 2 rings (SSSR count). The lowest BCUT2D eigenvalue weighted by Crippen LogP contribution is -2.49. The van der Waals surface area contributed by atoms with Crippen molar-refractivity contribution in [1.29, 1.82) is 0 Å². The average Bonchev–Trinajstić information content (AvgIpc) is 2.54. The molecular weight excluding hydrogens is 332 g/mol. The first-order chi connectivity index (χ1) is 12.1. The molecule has 0 bridgehead atoms. The first-order valence-electron chi connectivity index (χ1n) is 9.22. The van der Waals surface area contributed by atoms with Crippen molar-refractivity contribution in [3.63, 3.8) is 0 Å². The molecule has 2 heterocycles. The van der Waals surface area contributed by atoms with E-state index in [0.29, 0.717) is 39.0 Å². The molecule has 26 heavy (non-hydrogen) atoms. The van der Waals surface area contributed by atoms with Crippen molar-refractivity contribution in [3.05, 3.63) is 29.6 Å². The molecule has 0 atom stereocenters. The van der Waals surface area contributed by atoms with Gasteiger partial charge in [0.2, 0.25) is 0 Å². The molecule has 1 aromatic rings.